The van der Waals surface area contributed by atoms with Gasteiger partial charge >= 0.3 is 5.97 Å². The fourth-order valence-corrected chi connectivity index (χ4v) is 0.948. The molecule has 0 amide bonds. The van der Waals surface area contributed by atoms with Crippen molar-refractivity contribution in [2.24, 2.45) is 0 Å². The lowest BCUT2D eigenvalue weighted by Crippen LogP contribution is -2.06. The highest BCUT2D eigenvalue weighted by atomic mass is 19.1. The predicted molar refractivity (Wildman–Crippen MR) is 46.8 cm³/mol. The number of hydrogen-bond acceptors (Lipinski definition) is 2. The van der Waals surface area contributed by atoms with E-state index >= 15 is 0 Å². The van der Waals surface area contributed by atoms with Gasteiger partial charge in [-0.3, -0.25) is 0 Å². The second-order valence-electron chi connectivity index (χ2n) is 2.52. The van der Waals surface area contributed by atoms with E-state index in [4.69, 9.17) is 4.74 Å². The Balaban J connectivity index is 2.99. The second kappa shape index (κ2) is 4.03. The van der Waals surface area contributed by atoms with Crippen LogP contribution in [0, 0.1) is 12.7 Å². The lowest BCUT2D eigenvalue weighted by atomic mass is 10.1. The second-order valence-corrected chi connectivity index (χ2v) is 2.52. The summed E-state index contributed by atoms with van der Waals surface area (Å²) in [5, 5.41) is 0. The van der Waals surface area contributed by atoms with Gasteiger partial charge in [-0.05, 0) is 31.5 Å². The minimum atomic E-state index is -0.535. The van der Waals surface area contributed by atoms with Crippen LogP contribution in [0.5, 0.6) is 0 Å². The van der Waals surface area contributed by atoms with Gasteiger partial charge in [0.2, 0.25) is 0 Å². The van der Waals surface area contributed by atoms with Crippen LogP contribution in [0.15, 0.2) is 18.2 Å². The number of hydrogen-bond donors (Lipinski definition) is 0. The van der Waals surface area contributed by atoms with Crippen molar-refractivity contribution < 1.29 is 13.9 Å². The fourth-order valence-electron chi connectivity index (χ4n) is 0.948. The minimum absolute atomic E-state index is 0.182. The Morgan fingerprint density at radius 1 is 1.62 bits per heavy atom. The normalized spacial score (nSPS) is 9.77. The summed E-state index contributed by atoms with van der Waals surface area (Å²) in [7, 11) is 0. The van der Waals surface area contributed by atoms with Crippen LogP contribution in [-0.2, 0) is 4.74 Å². The summed E-state index contributed by atoms with van der Waals surface area (Å²) in [4.78, 5) is 11.2. The molecule has 0 saturated carbocycles. The lowest BCUT2D eigenvalue weighted by molar-refractivity contribution is 0.0525. The Kier molecular flexibility index (Phi) is 3.01. The van der Waals surface area contributed by atoms with Gasteiger partial charge < -0.3 is 4.74 Å². The highest BCUT2D eigenvalue weighted by molar-refractivity contribution is 5.91. The molecule has 0 N–H and O–H groups in total. The number of carbonyl (C=O) groups excluding carboxylic acids is 1. The first kappa shape index (κ1) is 9.71. The minimum Gasteiger partial charge on any atom is -0.462 e. The van der Waals surface area contributed by atoms with Crippen molar-refractivity contribution >= 4 is 5.97 Å². The Bertz CT molecular complexity index is 321. The van der Waals surface area contributed by atoms with Gasteiger partial charge in [0, 0.05) is 0 Å². The van der Waals surface area contributed by atoms with E-state index in [0.29, 0.717) is 5.56 Å². The maximum absolute atomic E-state index is 12.7. The number of ether oxygens (including phenoxy) is 1. The van der Waals surface area contributed by atoms with Crippen LogP contribution in [0.2, 0.25) is 0 Å². The van der Waals surface area contributed by atoms with E-state index in [1.54, 1.807) is 6.92 Å². The maximum atomic E-state index is 12.7. The molecular formula is C10H10FO2. The van der Waals surface area contributed by atoms with E-state index in [1.165, 1.54) is 12.1 Å². The summed E-state index contributed by atoms with van der Waals surface area (Å²) in [5.41, 5.74) is 0.654. The molecule has 0 aliphatic heterocycles. The van der Waals surface area contributed by atoms with E-state index in [9.17, 15) is 9.18 Å². The van der Waals surface area contributed by atoms with Crippen molar-refractivity contribution in [1.29, 1.82) is 0 Å². The molecular weight excluding hydrogens is 171 g/mol. The molecule has 13 heavy (non-hydrogen) atoms. The summed E-state index contributed by atoms with van der Waals surface area (Å²) < 4.78 is 17.4. The Hall–Kier alpha value is -1.38. The van der Waals surface area contributed by atoms with Crippen LogP contribution in [0.25, 0.3) is 0 Å². The number of halogens is 1. The zero-order valence-corrected chi connectivity index (χ0v) is 7.34. The van der Waals surface area contributed by atoms with Crippen LogP contribution in [0.3, 0.4) is 0 Å². The molecule has 2 nitrogen and oxygen atoms in total. The van der Waals surface area contributed by atoms with Crippen molar-refractivity contribution in [3.63, 3.8) is 0 Å². The van der Waals surface area contributed by atoms with Crippen molar-refractivity contribution in [3.8, 4) is 0 Å². The largest absolute Gasteiger partial charge is 0.462 e. The van der Waals surface area contributed by atoms with Crippen LogP contribution in [0.4, 0.5) is 4.39 Å². The molecule has 0 aliphatic carbocycles. The number of carbonyl (C=O) groups is 1. The monoisotopic (exact) mass is 181 g/mol. The topological polar surface area (TPSA) is 26.3 Å². The van der Waals surface area contributed by atoms with Crippen LogP contribution in [-0.4, -0.2) is 12.6 Å². The first-order chi connectivity index (χ1) is 6.15. The quantitative estimate of drug-likeness (QED) is 0.653. The van der Waals surface area contributed by atoms with Gasteiger partial charge in [-0.25, -0.2) is 9.18 Å². The van der Waals surface area contributed by atoms with E-state index in [-0.39, 0.29) is 12.2 Å². The molecule has 0 spiro atoms. The van der Waals surface area contributed by atoms with Gasteiger partial charge in [0.15, 0.2) is 0 Å². The van der Waals surface area contributed by atoms with E-state index < -0.39 is 11.8 Å². The predicted octanol–water partition coefficient (Wildman–Crippen LogP) is 2.18. The lowest BCUT2D eigenvalue weighted by Gasteiger charge is -2.04. The summed E-state index contributed by atoms with van der Waals surface area (Å²) in [6, 6.07) is 3.83. The van der Waals surface area contributed by atoms with Crippen LogP contribution < -0.4 is 0 Å². The van der Waals surface area contributed by atoms with E-state index in [2.05, 4.69) is 6.92 Å². The smallest absolute Gasteiger partial charge is 0.338 e. The van der Waals surface area contributed by atoms with Gasteiger partial charge in [0.1, 0.15) is 5.82 Å². The molecule has 1 aromatic carbocycles. The van der Waals surface area contributed by atoms with E-state index in [1.807, 2.05) is 0 Å². The van der Waals surface area contributed by atoms with Crippen molar-refractivity contribution in [2.45, 2.75) is 6.92 Å². The zero-order valence-electron chi connectivity index (χ0n) is 7.34. The first-order valence-electron chi connectivity index (χ1n) is 3.93. The molecule has 0 fully saturated rings. The Labute approximate surface area is 76.3 Å². The van der Waals surface area contributed by atoms with Crippen LogP contribution >= 0.6 is 0 Å². The molecule has 0 saturated heterocycles. The third kappa shape index (κ3) is 2.28. The van der Waals surface area contributed by atoms with Gasteiger partial charge in [-0.15, -0.1) is 0 Å². The van der Waals surface area contributed by atoms with E-state index in [0.717, 1.165) is 6.07 Å². The van der Waals surface area contributed by atoms with Gasteiger partial charge in [0.25, 0.3) is 0 Å². The third-order valence-electron chi connectivity index (χ3n) is 1.57. The van der Waals surface area contributed by atoms with Gasteiger partial charge in [-0.1, -0.05) is 6.07 Å². The highest BCUT2D eigenvalue weighted by Gasteiger charge is 2.10. The summed E-state index contributed by atoms with van der Waals surface area (Å²) in [6.45, 7) is 5.56. The first-order valence-corrected chi connectivity index (χ1v) is 3.93. The highest BCUT2D eigenvalue weighted by Crippen LogP contribution is 2.11. The number of benzene rings is 1. The molecule has 3 heteroatoms. The third-order valence-corrected chi connectivity index (χ3v) is 1.57. The van der Waals surface area contributed by atoms with Gasteiger partial charge in [0.05, 0.1) is 12.2 Å². The molecule has 0 atom stereocenters. The molecule has 69 valence electrons. The molecule has 0 bridgehead atoms. The molecule has 0 aromatic heterocycles. The van der Waals surface area contributed by atoms with Crippen molar-refractivity contribution in [1.82, 2.24) is 0 Å². The Morgan fingerprint density at radius 2 is 2.31 bits per heavy atom. The fraction of sp³-hybridized carbons (Fsp3) is 0.200. The zero-order chi connectivity index (χ0) is 9.84. The molecule has 1 rings (SSSR count). The van der Waals surface area contributed by atoms with Crippen molar-refractivity contribution in [2.75, 3.05) is 6.61 Å². The average molecular weight is 181 g/mol. The molecule has 1 aromatic rings. The van der Waals surface area contributed by atoms with Crippen molar-refractivity contribution in [3.05, 3.63) is 42.1 Å². The molecule has 0 heterocycles. The summed E-state index contributed by atoms with van der Waals surface area (Å²) in [6.07, 6.45) is 0. The number of rotatable bonds is 2. The van der Waals surface area contributed by atoms with Crippen LogP contribution in [0.1, 0.15) is 22.8 Å². The SMILES string of the molecule is [CH2]c1ccc(F)cc1C(=O)OCC. The number of esters is 1. The molecule has 1 radical (unpaired) electrons. The molecule has 0 aliphatic rings. The van der Waals surface area contributed by atoms with Gasteiger partial charge in [-0.2, -0.15) is 0 Å². The summed E-state index contributed by atoms with van der Waals surface area (Å²) >= 11 is 0. The average Bonchev–Trinajstić information content (AvgIpc) is 2.09. The Morgan fingerprint density at radius 3 is 2.92 bits per heavy atom. The summed E-state index contributed by atoms with van der Waals surface area (Å²) in [5.74, 6) is -0.998. The standard InChI is InChI=1S/C10H10FO2/c1-3-13-10(12)9-6-8(11)5-4-7(9)2/h4-6H,2-3H2,1H3. The molecule has 0 unspecified atom stereocenters. The maximum Gasteiger partial charge on any atom is 0.338 e.